The van der Waals surface area contributed by atoms with E-state index in [9.17, 15) is 4.39 Å². The molecule has 1 saturated heterocycles. The molecule has 0 N–H and O–H groups in total. The van der Waals surface area contributed by atoms with E-state index in [-0.39, 0.29) is 11.7 Å². The van der Waals surface area contributed by atoms with E-state index in [4.69, 9.17) is 9.26 Å². The minimum atomic E-state index is -0.303. The number of rotatable bonds is 8. The first-order valence-electron chi connectivity index (χ1n) is 9.73. The summed E-state index contributed by atoms with van der Waals surface area (Å²) < 4.78 is 25.0. The number of hydrogen-bond acceptors (Lipinski definition) is 7. The van der Waals surface area contributed by atoms with Crippen LogP contribution in [-0.4, -0.2) is 60.6 Å². The molecule has 0 saturated carbocycles. The predicted octanol–water partition coefficient (Wildman–Crippen LogP) is 4.03. The fourth-order valence-electron chi connectivity index (χ4n) is 3.30. The van der Waals surface area contributed by atoms with Gasteiger partial charge in [-0.1, -0.05) is 19.0 Å². The first-order chi connectivity index (χ1) is 13.5. The second-order valence-corrected chi connectivity index (χ2v) is 8.31. The van der Waals surface area contributed by atoms with E-state index in [0.29, 0.717) is 24.4 Å². The minimum absolute atomic E-state index is 0.267. The van der Waals surface area contributed by atoms with Crippen LogP contribution in [0.15, 0.2) is 27.6 Å². The number of likely N-dealkylation sites (N-methyl/N-ethyl adjacent to an activating group) is 1. The average molecular weight is 409 g/mol. The maximum atomic E-state index is 14.0. The number of thioether (sulfide) groups is 1. The Hall–Kier alpha value is -1.80. The summed E-state index contributed by atoms with van der Waals surface area (Å²) in [4.78, 5) is 9.83. The van der Waals surface area contributed by atoms with Gasteiger partial charge in [0.05, 0.1) is 0 Å². The normalized spacial score (nSPS) is 15.6. The monoisotopic (exact) mass is 408 g/mol. The maximum Gasteiger partial charge on any atom is 0.324 e. The SMILES string of the molecule is CSc1ccc(OCCN(C)C2CCN(c3nc(C(C)C)no3)CC2)c(F)c1. The molecule has 0 spiro atoms. The highest BCUT2D eigenvalue weighted by Gasteiger charge is 2.25. The molecule has 0 unspecified atom stereocenters. The van der Waals surface area contributed by atoms with Gasteiger partial charge in [0.1, 0.15) is 6.61 Å². The van der Waals surface area contributed by atoms with Gasteiger partial charge >= 0.3 is 6.01 Å². The first kappa shape index (κ1) is 20.9. The third-order valence-corrected chi connectivity index (χ3v) is 5.87. The Bertz CT molecular complexity index is 762. The summed E-state index contributed by atoms with van der Waals surface area (Å²) in [6.45, 7) is 7.11. The number of anilines is 1. The molecule has 0 aliphatic carbocycles. The van der Waals surface area contributed by atoms with Crippen LogP contribution in [0, 0.1) is 5.82 Å². The van der Waals surface area contributed by atoms with Gasteiger partial charge in [-0.05, 0) is 44.3 Å². The van der Waals surface area contributed by atoms with Crippen LogP contribution in [0.1, 0.15) is 38.4 Å². The Morgan fingerprint density at radius 2 is 2.11 bits per heavy atom. The van der Waals surface area contributed by atoms with Crippen LogP contribution >= 0.6 is 11.8 Å². The van der Waals surface area contributed by atoms with Crippen LogP contribution in [0.5, 0.6) is 5.75 Å². The fraction of sp³-hybridized carbons (Fsp3) is 0.600. The zero-order valence-electron chi connectivity index (χ0n) is 17.0. The van der Waals surface area contributed by atoms with E-state index in [1.165, 1.54) is 17.8 Å². The fourth-order valence-corrected chi connectivity index (χ4v) is 3.72. The van der Waals surface area contributed by atoms with E-state index in [2.05, 4.69) is 40.8 Å². The summed E-state index contributed by atoms with van der Waals surface area (Å²) in [6, 6.07) is 6.19. The van der Waals surface area contributed by atoms with Gasteiger partial charge < -0.3 is 14.2 Å². The van der Waals surface area contributed by atoms with Crippen molar-refractivity contribution in [3.8, 4) is 5.75 Å². The van der Waals surface area contributed by atoms with Gasteiger partial charge in [-0.2, -0.15) is 4.98 Å². The first-order valence-corrected chi connectivity index (χ1v) is 11.0. The molecule has 2 heterocycles. The molecule has 1 fully saturated rings. The molecule has 0 amide bonds. The van der Waals surface area contributed by atoms with Crippen LogP contribution in [0.4, 0.5) is 10.4 Å². The summed E-state index contributed by atoms with van der Waals surface area (Å²) in [7, 11) is 2.10. The summed E-state index contributed by atoms with van der Waals surface area (Å²) in [5.74, 6) is 1.04. The van der Waals surface area contributed by atoms with Gasteiger partial charge in [-0.3, -0.25) is 4.90 Å². The number of piperidine rings is 1. The molecule has 1 aromatic carbocycles. The summed E-state index contributed by atoms with van der Waals surface area (Å²) in [6.07, 6.45) is 3.97. The Kier molecular flexibility index (Phi) is 7.18. The molecule has 0 atom stereocenters. The minimum Gasteiger partial charge on any atom is -0.489 e. The van der Waals surface area contributed by atoms with Gasteiger partial charge in [0.15, 0.2) is 17.4 Å². The number of nitrogens with zero attached hydrogens (tertiary/aromatic N) is 4. The van der Waals surface area contributed by atoms with E-state index in [1.54, 1.807) is 6.07 Å². The van der Waals surface area contributed by atoms with Gasteiger partial charge in [0.2, 0.25) is 0 Å². The van der Waals surface area contributed by atoms with Crippen molar-refractivity contribution < 1.29 is 13.7 Å². The van der Waals surface area contributed by atoms with Crippen LogP contribution in [0.25, 0.3) is 0 Å². The van der Waals surface area contributed by atoms with E-state index in [1.807, 2.05) is 12.3 Å². The average Bonchev–Trinajstić information content (AvgIpc) is 3.20. The molecular formula is C20H29FN4O2S. The van der Waals surface area contributed by atoms with Crippen molar-refractivity contribution in [2.24, 2.45) is 0 Å². The van der Waals surface area contributed by atoms with Crippen molar-refractivity contribution in [2.75, 3.05) is 44.4 Å². The van der Waals surface area contributed by atoms with Crippen molar-refractivity contribution in [1.82, 2.24) is 15.0 Å². The summed E-state index contributed by atoms with van der Waals surface area (Å²) in [5, 5.41) is 4.05. The highest BCUT2D eigenvalue weighted by atomic mass is 32.2. The molecule has 1 aliphatic heterocycles. The van der Waals surface area contributed by atoms with Gasteiger partial charge in [0, 0.05) is 36.5 Å². The quantitative estimate of drug-likeness (QED) is 0.611. The zero-order valence-corrected chi connectivity index (χ0v) is 17.8. The molecule has 1 aromatic heterocycles. The lowest BCUT2D eigenvalue weighted by Crippen LogP contribution is -2.44. The molecule has 0 radical (unpaired) electrons. The Balaban J connectivity index is 1.43. The molecular weight excluding hydrogens is 379 g/mol. The Morgan fingerprint density at radius 1 is 1.36 bits per heavy atom. The Labute approximate surface area is 170 Å². The molecule has 3 rings (SSSR count). The topological polar surface area (TPSA) is 54.6 Å². The number of halogens is 1. The molecule has 0 bridgehead atoms. The van der Waals surface area contributed by atoms with Crippen molar-refractivity contribution in [3.05, 3.63) is 29.8 Å². The number of hydrogen-bond donors (Lipinski definition) is 0. The van der Waals surface area contributed by atoms with Gasteiger partial charge in [0.25, 0.3) is 0 Å². The molecule has 2 aromatic rings. The molecule has 6 nitrogen and oxygen atoms in total. The second kappa shape index (κ2) is 9.60. The van der Waals surface area contributed by atoms with E-state index < -0.39 is 0 Å². The third kappa shape index (κ3) is 5.17. The van der Waals surface area contributed by atoms with Crippen LogP contribution in [-0.2, 0) is 0 Å². The molecule has 154 valence electrons. The summed E-state index contributed by atoms with van der Waals surface area (Å²) >= 11 is 1.52. The van der Waals surface area contributed by atoms with E-state index >= 15 is 0 Å². The Morgan fingerprint density at radius 3 is 2.71 bits per heavy atom. The molecule has 1 aliphatic rings. The van der Waals surface area contributed by atoms with Crippen LogP contribution in [0.2, 0.25) is 0 Å². The van der Waals surface area contributed by atoms with Gasteiger partial charge in [-0.15, -0.1) is 11.8 Å². The van der Waals surface area contributed by atoms with Crippen LogP contribution in [0.3, 0.4) is 0 Å². The highest BCUT2D eigenvalue weighted by Crippen LogP contribution is 2.24. The largest absolute Gasteiger partial charge is 0.489 e. The standard InChI is InChI=1S/C20H29FN4O2S/c1-14(2)19-22-20(27-23-19)25-9-7-15(8-10-25)24(3)11-12-26-18-6-5-16(28-4)13-17(18)21/h5-6,13-15H,7-12H2,1-4H3. The predicted molar refractivity (Wildman–Crippen MR) is 110 cm³/mol. The van der Waals surface area contributed by atoms with Crippen molar-refractivity contribution in [1.29, 1.82) is 0 Å². The second-order valence-electron chi connectivity index (χ2n) is 7.43. The van der Waals surface area contributed by atoms with Crippen molar-refractivity contribution in [3.63, 3.8) is 0 Å². The lowest BCUT2D eigenvalue weighted by atomic mass is 10.0. The van der Waals surface area contributed by atoms with Crippen molar-refractivity contribution >= 4 is 17.8 Å². The lowest BCUT2D eigenvalue weighted by molar-refractivity contribution is 0.166. The lowest BCUT2D eigenvalue weighted by Gasteiger charge is -2.35. The van der Waals surface area contributed by atoms with Crippen molar-refractivity contribution in [2.45, 2.75) is 43.5 Å². The number of ether oxygens (including phenoxy) is 1. The van der Waals surface area contributed by atoms with Crippen LogP contribution < -0.4 is 9.64 Å². The highest BCUT2D eigenvalue weighted by molar-refractivity contribution is 7.98. The maximum absolute atomic E-state index is 14.0. The summed E-state index contributed by atoms with van der Waals surface area (Å²) in [5.41, 5.74) is 0. The van der Waals surface area contributed by atoms with E-state index in [0.717, 1.165) is 43.2 Å². The molecule has 28 heavy (non-hydrogen) atoms. The number of aromatic nitrogens is 2. The zero-order chi connectivity index (χ0) is 20.1. The number of benzene rings is 1. The van der Waals surface area contributed by atoms with Gasteiger partial charge in [-0.25, -0.2) is 4.39 Å². The smallest absolute Gasteiger partial charge is 0.324 e. The molecule has 8 heteroatoms. The third-order valence-electron chi connectivity index (χ3n) is 5.15.